The maximum atomic E-state index is 12.7. The minimum Gasteiger partial charge on any atom is -0.338 e. The van der Waals surface area contributed by atoms with Gasteiger partial charge in [-0.15, -0.1) is 0 Å². The number of carbonyl (C=O) groups is 1. The molecule has 0 bridgehead atoms. The van der Waals surface area contributed by atoms with E-state index in [4.69, 9.17) is 0 Å². The number of carbonyl (C=O) groups excluding carboxylic acids is 1. The van der Waals surface area contributed by atoms with Crippen LogP contribution in [-0.2, 0) is 10.2 Å². The van der Waals surface area contributed by atoms with Crippen molar-refractivity contribution in [1.82, 2.24) is 4.90 Å². The standard InChI is InChI=1S/C20H21NO/c22-19-15-20(16-9-3-1-4-10-16,17-11-5-2-6-12-17)18-13-7-8-14-21(18)19/h1-6,9-12,18H,7-8,13-15H2/t18-/m0/s1. The molecule has 2 fully saturated rings. The molecule has 0 aromatic heterocycles. The monoisotopic (exact) mass is 291 g/mol. The number of amides is 1. The third-order valence-corrected chi connectivity index (χ3v) is 5.40. The summed E-state index contributed by atoms with van der Waals surface area (Å²) in [7, 11) is 0. The molecule has 0 saturated carbocycles. The van der Waals surface area contributed by atoms with Crippen LogP contribution in [0.2, 0.25) is 0 Å². The summed E-state index contributed by atoms with van der Waals surface area (Å²) in [6, 6.07) is 21.6. The van der Waals surface area contributed by atoms with Gasteiger partial charge in [-0.25, -0.2) is 0 Å². The van der Waals surface area contributed by atoms with Crippen molar-refractivity contribution < 1.29 is 4.79 Å². The molecule has 2 aliphatic rings. The number of benzene rings is 2. The Bertz CT molecular complexity index is 625. The highest BCUT2D eigenvalue weighted by atomic mass is 16.2. The zero-order chi connectivity index (χ0) is 15.0. The van der Waals surface area contributed by atoms with Crippen molar-refractivity contribution in [1.29, 1.82) is 0 Å². The molecule has 0 N–H and O–H groups in total. The smallest absolute Gasteiger partial charge is 0.224 e. The Kier molecular flexibility index (Phi) is 3.25. The highest BCUT2D eigenvalue weighted by molar-refractivity contribution is 5.83. The van der Waals surface area contributed by atoms with Crippen LogP contribution < -0.4 is 0 Å². The van der Waals surface area contributed by atoms with Gasteiger partial charge in [0.15, 0.2) is 0 Å². The summed E-state index contributed by atoms with van der Waals surface area (Å²) >= 11 is 0. The summed E-state index contributed by atoms with van der Waals surface area (Å²) in [6.07, 6.45) is 4.07. The second-order valence-corrected chi connectivity index (χ2v) is 6.48. The van der Waals surface area contributed by atoms with E-state index < -0.39 is 0 Å². The molecule has 2 heteroatoms. The van der Waals surface area contributed by atoms with E-state index in [0.717, 1.165) is 19.4 Å². The quantitative estimate of drug-likeness (QED) is 0.825. The first-order valence-corrected chi connectivity index (χ1v) is 8.23. The van der Waals surface area contributed by atoms with E-state index in [2.05, 4.69) is 65.6 Å². The second-order valence-electron chi connectivity index (χ2n) is 6.48. The van der Waals surface area contributed by atoms with Gasteiger partial charge in [-0.05, 0) is 30.4 Å². The van der Waals surface area contributed by atoms with Gasteiger partial charge in [-0.1, -0.05) is 60.7 Å². The van der Waals surface area contributed by atoms with Crippen LogP contribution in [0, 0.1) is 0 Å². The van der Waals surface area contributed by atoms with Crippen molar-refractivity contribution in [3.8, 4) is 0 Å². The number of hydrogen-bond acceptors (Lipinski definition) is 1. The fourth-order valence-corrected chi connectivity index (χ4v) is 4.43. The Balaban J connectivity index is 1.92. The molecular weight excluding hydrogens is 270 g/mol. The average Bonchev–Trinajstić information content (AvgIpc) is 2.91. The van der Waals surface area contributed by atoms with Crippen molar-refractivity contribution >= 4 is 5.91 Å². The molecule has 2 nitrogen and oxygen atoms in total. The van der Waals surface area contributed by atoms with E-state index in [9.17, 15) is 4.79 Å². The molecule has 1 atom stereocenters. The van der Waals surface area contributed by atoms with Crippen molar-refractivity contribution in [2.24, 2.45) is 0 Å². The number of hydrogen-bond donors (Lipinski definition) is 0. The van der Waals surface area contributed by atoms with Crippen LogP contribution in [0.3, 0.4) is 0 Å². The summed E-state index contributed by atoms with van der Waals surface area (Å²) < 4.78 is 0. The van der Waals surface area contributed by atoms with Crippen LogP contribution in [0.25, 0.3) is 0 Å². The van der Waals surface area contributed by atoms with Crippen LogP contribution >= 0.6 is 0 Å². The van der Waals surface area contributed by atoms with Crippen LogP contribution in [0.4, 0.5) is 0 Å². The summed E-state index contributed by atoms with van der Waals surface area (Å²) in [5.41, 5.74) is 2.38. The Morgan fingerprint density at radius 3 is 2.05 bits per heavy atom. The lowest BCUT2D eigenvalue weighted by Crippen LogP contribution is -2.46. The molecule has 2 aromatic rings. The normalized spacial score (nSPS) is 23.4. The predicted molar refractivity (Wildman–Crippen MR) is 87.6 cm³/mol. The first-order chi connectivity index (χ1) is 10.8. The zero-order valence-corrected chi connectivity index (χ0v) is 12.7. The lowest BCUT2D eigenvalue weighted by Gasteiger charge is -2.41. The topological polar surface area (TPSA) is 20.3 Å². The number of nitrogens with zero attached hydrogens (tertiary/aromatic N) is 1. The van der Waals surface area contributed by atoms with E-state index >= 15 is 0 Å². The van der Waals surface area contributed by atoms with E-state index in [1.54, 1.807) is 0 Å². The van der Waals surface area contributed by atoms with Gasteiger partial charge < -0.3 is 4.90 Å². The minimum atomic E-state index is -0.181. The third-order valence-electron chi connectivity index (χ3n) is 5.40. The maximum Gasteiger partial charge on any atom is 0.224 e. The van der Waals surface area contributed by atoms with Crippen LogP contribution in [-0.4, -0.2) is 23.4 Å². The molecule has 2 saturated heterocycles. The van der Waals surface area contributed by atoms with E-state index in [-0.39, 0.29) is 5.41 Å². The van der Waals surface area contributed by atoms with Gasteiger partial charge in [0, 0.05) is 24.4 Å². The lowest BCUT2D eigenvalue weighted by molar-refractivity contribution is -0.129. The molecule has 112 valence electrons. The van der Waals surface area contributed by atoms with Crippen LogP contribution in [0.5, 0.6) is 0 Å². The highest BCUT2D eigenvalue weighted by Gasteiger charge is 2.53. The second kappa shape index (κ2) is 5.28. The molecular formula is C20H21NO. The van der Waals surface area contributed by atoms with E-state index in [1.165, 1.54) is 17.5 Å². The molecule has 2 heterocycles. The molecule has 2 aromatic carbocycles. The molecule has 0 unspecified atom stereocenters. The largest absolute Gasteiger partial charge is 0.338 e. The first kappa shape index (κ1) is 13.6. The predicted octanol–water partition coefficient (Wildman–Crippen LogP) is 3.76. The van der Waals surface area contributed by atoms with Gasteiger partial charge in [-0.2, -0.15) is 0 Å². The van der Waals surface area contributed by atoms with Crippen molar-refractivity contribution in [3.05, 3.63) is 71.8 Å². The minimum absolute atomic E-state index is 0.181. The van der Waals surface area contributed by atoms with Gasteiger partial charge >= 0.3 is 0 Å². The van der Waals surface area contributed by atoms with Crippen LogP contribution in [0.1, 0.15) is 36.8 Å². The van der Waals surface area contributed by atoms with Crippen LogP contribution in [0.15, 0.2) is 60.7 Å². The molecule has 0 radical (unpaired) electrons. The molecule has 0 spiro atoms. The Hall–Kier alpha value is -2.09. The number of fused-ring (bicyclic) bond motifs is 1. The van der Waals surface area contributed by atoms with Crippen molar-refractivity contribution in [2.45, 2.75) is 37.1 Å². The Labute approximate surface area is 131 Å². The first-order valence-electron chi connectivity index (χ1n) is 8.23. The van der Waals surface area contributed by atoms with Gasteiger partial charge in [0.1, 0.15) is 0 Å². The van der Waals surface area contributed by atoms with Gasteiger partial charge in [-0.3, -0.25) is 4.79 Å². The maximum absolute atomic E-state index is 12.7. The fraction of sp³-hybridized carbons (Fsp3) is 0.350. The SMILES string of the molecule is O=C1CC(c2ccccc2)(c2ccccc2)[C@@H]2CCCCN12. The molecule has 1 amide bonds. The molecule has 0 aliphatic carbocycles. The summed E-state index contributed by atoms with van der Waals surface area (Å²) in [4.78, 5) is 14.8. The molecule has 4 rings (SSSR count). The molecule has 2 aliphatic heterocycles. The average molecular weight is 291 g/mol. The zero-order valence-electron chi connectivity index (χ0n) is 12.7. The number of piperidine rings is 1. The van der Waals surface area contributed by atoms with Gasteiger partial charge in [0.25, 0.3) is 0 Å². The van der Waals surface area contributed by atoms with Crippen molar-refractivity contribution in [3.63, 3.8) is 0 Å². The summed E-state index contributed by atoms with van der Waals surface area (Å²) in [5.74, 6) is 0.317. The highest BCUT2D eigenvalue weighted by Crippen LogP contribution is 2.49. The molecule has 22 heavy (non-hydrogen) atoms. The van der Waals surface area contributed by atoms with Crippen molar-refractivity contribution in [2.75, 3.05) is 6.54 Å². The van der Waals surface area contributed by atoms with Gasteiger partial charge in [0.05, 0.1) is 0 Å². The summed E-state index contributed by atoms with van der Waals surface area (Å²) in [6.45, 7) is 0.922. The Morgan fingerprint density at radius 2 is 1.45 bits per heavy atom. The third kappa shape index (κ3) is 1.90. The number of rotatable bonds is 2. The fourth-order valence-electron chi connectivity index (χ4n) is 4.43. The van der Waals surface area contributed by atoms with Gasteiger partial charge in [0.2, 0.25) is 5.91 Å². The van der Waals surface area contributed by atoms with E-state index in [1.807, 2.05) is 0 Å². The summed E-state index contributed by atoms with van der Waals surface area (Å²) in [5, 5.41) is 0. The lowest BCUT2D eigenvalue weighted by atomic mass is 9.67. The van der Waals surface area contributed by atoms with E-state index in [0.29, 0.717) is 18.4 Å². The Morgan fingerprint density at radius 1 is 0.864 bits per heavy atom.